The molecule has 0 aromatic rings. The van der Waals surface area contributed by atoms with E-state index in [9.17, 15) is 4.79 Å². The molecule has 0 N–H and O–H groups in total. The van der Waals surface area contributed by atoms with Crippen LogP contribution in [0.15, 0.2) is 0 Å². The van der Waals surface area contributed by atoms with Crippen molar-refractivity contribution in [2.45, 2.75) is 37.6 Å². The van der Waals surface area contributed by atoms with Crippen LogP contribution < -0.4 is 0 Å². The average Bonchev–Trinajstić information content (AvgIpc) is 1.87. The summed E-state index contributed by atoms with van der Waals surface area (Å²) in [6.45, 7) is 2.09. The van der Waals surface area contributed by atoms with Crippen LogP contribution in [0.25, 0.3) is 0 Å². The zero-order chi connectivity index (χ0) is 8.18. The van der Waals surface area contributed by atoms with E-state index in [2.05, 4.69) is 4.90 Å². The first-order valence-corrected chi connectivity index (χ1v) is 5.05. The Morgan fingerprint density at radius 1 is 1.17 bits per heavy atom. The Kier molecular flexibility index (Phi) is 1.24. The Hall–Kier alpha value is -0.370. The van der Waals surface area contributed by atoms with Gasteiger partial charge in [-0.3, -0.25) is 9.69 Å². The lowest BCUT2D eigenvalue weighted by Crippen LogP contribution is -2.69. The number of ketones is 1. The van der Waals surface area contributed by atoms with E-state index in [1.165, 1.54) is 19.3 Å². The van der Waals surface area contributed by atoms with E-state index < -0.39 is 0 Å². The highest BCUT2D eigenvalue weighted by molar-refractivity contribution is 5.79. The molecule has 3 saturated carbocycles. The molecular formula is C10H15NO. The standard InChI is InChI=1S/C10H15NO/c12-9-1-3-11(4-2-9)10-5-8(6-10)7-10/h8H,1-7H2. The maximum Gasteiger partial charge on any atom is 0.135 e. The van der Waals surface area contributed by atoms with Gasteiger partial charge < -0.3 is 0 Å². The molecule has 0 aromatic carbocycles. The Morgan fingerprint density at radius 3 is 2.17 bits per heavy atom. The Labute approximate surface area is 72.9 Å². The molecule has 0 atom stereocenters. The molecule has 0 radical (unpaired) electrons. The monoisotopic (exact) mass is 165 g/mol. The molecule has 2 nitrogen and oxygen atoms in total. The van der Waals surface area contributed by atoms with Crippen molar-refractivity contribution in [1.82, 2.24) is 4.90 Å². The van der Waals surface area contributed by atoms with Crippen LogP contribution in [0.3, 0.4) is 0 Å². The van der Waals surface area contributed by atoms with Crippen LogP contribution in [0.4, 0.5) is 0 Å². The second-order valence-electron chi connectivity index (χ2n) is 4.73. The third-order valence-corrected chi connectivity index (χ3v) is 4.00. The number of carbonyl (C=O) groups excluding carboxylic acids is 1. The van der Waals surface area contributed by atoms with Gasteiger partial charge in [0.1, 0.15) is 5.78 Å². The number of likely N-dealkylation sites (tertiary alicyclic amines) is 1. The van der Waals surface area contributed by atoms with Crippen molar-refractivity contribution >= 4 is 5.78 Å². The maximum absolute atomic E-state index is 11.0. The molecule has 0 amide bonds. The number of hydrogen-bond acceptors (Lipinski definition) is 2. The van der Waals surface area contributed by atoms with Crippen molar-refractivity contribution in [3.63, 3.8) is 0 Å². The number of Topliss-reactive ketones (excluding diaryl/α,β-unsaturated/α-hetero) is 1. The van der Waals surface area contributed by atoms with E-state index in [1.54, 1.807) is 0 Å². The highest BCUT2D eigenvalue weighted by Gasteiger charge is 2.59. The number of carbonyl (C=O) groups is 1. The van der Waals surface area contributed by atoms with Gasteiger partial charge in [-0.05, 0) is 25.2 Å². The molecule has 4 aliphatic rings. The molecule has 2 heteroatoms. The lowest BCUT2D eigenvalue weighted by molar-refractivity contribution is -0.155. The summed E-state index contributed by atoms with van der Waals surface area (Å²) < 4.78 is 0. The lowest BCUT2D eigenvalue weighted by Gasteiger charge is -2.67. The molecule has 12 heavy (non-hydrogen) atoms. The minimum absolute atomic E-state index is 0.470. The second-order valence-corrected chi connectivity index (χ2v) is 4.73. The van der Waals surface area contributed by atoms with E-state index in [4.69, 9.17) is 0 Å². The van der Waals surface area contributed by atoms with Crippen molar-refractivity contribution < 1.29 is 4.79 Å². The summed E-state index contributed by atoms with van der Waals surface area (Å²) in [6.07, 6.45) is 5.92. The van der Waals surface area contributed by atoms with Crippen LogP contribution in [-0.2, 0) is 4.79 Å². The number of piperidine rings is 1. The van der Waals surface area contributed by atoms with Crippen LogP contribution in [0, 0.1) is 5.92 Å². The van der Waals surface area contributed by atoms with E-state index in [1.807, 2.05) is 0 Å². The van der Waals surface area contributed by atoms with Gasteiger partial charge >= 0.3 is 0 Å². The van der Waals surface area contributed by atoms with E-state index in [-0.39, 0.29) is 0 Å². The minimum Gasteiger partial charge on any atom is -0.300 e. The van der Waals surface area contributed by atoms with Crippen molar-refractivity contribution in [2.24, 2.45) is 5.92 Å². The molecule has 1 heterocycles. The molecule has 66 valence electrons. The molecule has 0 aromatic heterocycles. The maximum atomic E-state index is 11.0. The first kappa shape index (κ1) is 7.07. The number of rotatable bonds is 1. The van der Waals surface area contributed by atoms with E-state index >= 15 is 0 Å². The highest BCUT2D eigenvalue weighted by atomic mass is 16.1. The number of nitrogens with zero attached hydrogens (tertiary/aromatic N) is 1. The third-order valence-electron chi connectivity index (χ3n) is 4.00. The van der Waals surface area contributed by atoms with Gasteiger partial charge in [-0.2, -0.15) is 0 Å². The Morgan fingerprint density at radius 2 is 1.75 bits per heavy atom. The molecule has 1 saturated heterocycles. The van der Waals surface area contributed by atoms with Crippen molar-refractivity contribution in [2.75, 3.05) is 13.1 Å². The summed E-state index contributed by atoms with van der Waals surface area (Å²) in [5.41, 5.74) is 0.603. The van der Waals surface area contributed by atoms with Gasteiger partial charge in [0, 0.05) is 31.5 Å². The summed E-state index contributed by atoms with van der Waals surface area (Å²) in [5.74, 6) is 1.53. The first-order valence-electron chi connectivity index (χ1n) is 5.05. The second kappa shape index (κ2) is 2.11. The summed E-state index contributed by atoms with van der Waals surface area (Å²) in [6, 6.07) is 0. The first-order chi connectivity index (χ1) is 5.78. The lowest BCUT2D eigenvalue weighted by atomic mass is 9.49. The van der Waals surface area contributed by atoms with Gasteiger partial charge in [-0.25, -0.2) is 0 Å². The molecule has 0 spiro atoms. The van der Waals surface area contributed by atoms with Crippen molar-refractivity contribution in [3.05, 3.63) is 0 Å². The summed E-state index contributed by atoms with van der Waals surface area (Å²) in [7, 11) is 0. The van der Waals surface area contributed by atoms with E-state index in [0.717, 1.165) is 31.8 Å². The average molecular weight is 165 g/mol. The van der Waals surface area contributed by atoms with Crippen LogP contribution in [-0.4, -0.2) is 29.3 Å². The topological polar surface area (TPSA) is 20.3 Å². The van der Waals surface area contributed by atoms with E-state index in [0.29, 0.717) is 11.3 Å². The van der Waals surface area contributed by atoms with Crippen LogP contribution in [0.2, 0.25) is 0 Å². The largest absolute Gasteiger partial charge is 0.300 e. The summed E-state index contributed by atoms with van der Waals surface area (Å²) in [4.78, 5) is 13.6. The Bertz CT molecular complexity index is 209. The zero-order valence-electron chi connectivity index (χ0n) is 7.38. The van der Waals surface area contributed by atoms with Gasteiger partial charge in [-0.1, -0.05) is 0 Å². The molecule has 0 unspecified atom stereocenters. The van der Waals surface area contributed by atoms with Gasteiger partial charge in [0.15, 0.2) is 0 Å². The van der Waals surface area contributed by atoms with Gasteiger partial charge in [0.2, 0.25) is 0 Å². The fourth-order valence-electron chi connectivity index (χ4n) is 3.05. The SMILES string of the molecule is O=C1CCN(C23CC(C2)C3)CC1. The van der Waals surface area contributed by atoms with Gasteiger partial charge in [0.05, 0.1) is 0 Å². The molecular weight excluding hydrogens is 150 g/mol. The molecule has 3 aliphatic carbocycles. The van der Waals surface area contributed by atoms with Gasteiger partial charge in [0.25, 0.3) is 0 Å². The molecule has 4 fully saturated rings. The molecule has 4 rings (SSSR count). The highest BCUT2D eigenvalue weighted by Crippen LogP contribution is 2.60. The quantitative estimate of drug-likeness (QED) is 0.582. The summed E-state index contributed by atoms with van der Waals surface area (Å²) >= 11 is 0. The third kappa shape index (κ3) is 0.764. The predicted molar refractivity (Wildman–Crippen MR) is 45.9 cm³/mol. The molecule has 2 bridgehead atoms. The van der Waals surface area contributed by atoms with Gasteiger partial charge in [-0.15, -0.1) is 0 Å². The smallest absolute Gasteiger partial charge is 0.135 e. The zero-order valence-corrected chi connectivity index (χ0v) is 7.38. The minimum atomic E-state index is 0.470. The van der Waals surface area contributed by atoms with Crippen LogP contribution >= 0.6 is 0 Å². The van der Waals surface area contributed by atoms with Crippen molar-refractivity contribution in [3.8, 4) is 0 Å². The fourth-order valence-corrected chi connectivity index (χ4v) is 3.05. The van der Waals surface area contributed by atoms with Crippen LogP contribution in [0.1, 0.15) is 32.1 Å². The fraction of sp³-hybridized carbons (Fsp3) is 0.900. The predicted octanol–water partition coefficient (Wildman–Crippen LogP) is 1.20. The summed E-state index contributed by atoms with van der Waals surface area (Å²) in [5, 5.41) is 0. The normalized spacial score (nSPS) is 46.7. The number of hydrogen-bond donors (Lipinski definition) is 0. The Balaban J connectivity index is 1.66. The van der Waals surface area contributed by atoms with Crippen LogP contribution in [0.5, 0.6) is 0 Å². The van der Waals surface area contributed by atoms with Crippen molar-refractivity contribution in [1.29, 1.82) is 0 Å². The molecule has 1 aliphatic heterocycles.